The minimum Gasteiger partial charge on any atom is -0.497 e. The summed E-state index contributed by atoms with van der Waals surface area (Å²) < 4.78 is 6.82. The summed E-state index contributed by atoms with van der Waals surface area (Å²) in [5, 5.41) is 3.47. The Hall–Kier alpha value is -2.74. The molecule has 7 nitrogen and oxygen atoms in total. The van der Waals surface area contributed by atoms with Crippen LogP contribution in [-0.4, -0.2) is 33.3 Å². The number of aromatic amines is 1. The average molecular weight is 415 g/mol. The Labute approximate surface area is 173 Å². The van der Waals surface area contributed by atoms with Crippen molar-refractivity contribution in [3.8, 4) is 5.75 Å². The van der Waals surface area contributed by atoms with E-state index in [1.165, 1.54) is 11.8 Å². The number of thioether (sulfide) groups is 1. The zero-order valence-corrected chi connectivity index (χ0v) is 17.9. The fourth-order valence-corrected chi connectivity index (χ4v) is 3.92. The van der Waals surface area contributed by atoms with Crippen LogP contribution in [0.4, 0.5) is 0 Å². The number of ether oxygens (including phenoxy) is 1. The maximum absolute atomic E-state index is 12.9. The molecule has 29 heavy (non-hydrogen) atoms. The molecule has 154 valence electrons. The van der Waals surface area contributed by atoms with Crippen molar-refractivity contribution in [3.05, 3.63) is 51.9 Å². The summed E-state index contributed by atoms with van der Waals surface area (Å²) in [5.41, 5.74) is 2.92. The molecule has 0 bridgehead atoms. The van der Waals surface area contributed by atoms with E-state index in [1.54, 1.807) is 11.7 Å². The lowest BCUT2D eigenvalue weighted by Gasteiger charge is -2.17. The number of fused-ring (bicyclic) bond motifs is 1. The largest absolute Gasteiger partial charge is 0.497 e. The molecule has 0 aliphatic heterocycles. The van der Waals surface area contributed by atoms with E-state index in [9.17, 15) is 9.59 Å². The monoisotopic (exact) mass is 414 g/mol. The summed E-state index contributed by atoms with van der Waals surface area (Å²) in [4.78, 5) is 33.0. The van der Waals surface area contributed by atoms with E-state index in [0.29, 0.717) is 22.7 Å². The van der Waals surface area contributed by atoms with E-state index in [4.69, 9.17) is 4.74 Å². The van der Waals surface area contributed by atoms with Gasteiger partial charge in [0.1, 0.15) is 11.3 Å². The highest BCUT2D eigenvalue weighted by molar-refractivity contribution is 7.99. The van der Waals surface area contributed by atoms with Crippen molar-refractivity contribution in [3.63, 3.8) is 0 Å². The summed E-state index contributed by atoms with van der Waals surface area (Å²) >= 11 is 1.28. The van der Waals surface area contributed by atoms with Gasteiger partial charge in [-0.25, -0.2) is 4.98 Å². The number of H-pyrrole nitrogens is 1. The molecule has 2 heterocycles. The van der Waals surface area contributed by atoms with Crippen molar-refractivity contribution < 1.29 is 9.53 Å². The van der Waals surface area contributed by atoms with E-state index < -0.39 is 0 Å². The molecule has 3 rings (SSSR count). The van der Waals surface area contributed by atoms with Gasteiger partial charge in [-0.2, -0.15) is 0 Å². The number of carbonyl (C=O) groups excluding carboxylic acids is 1. The third-order valence-corrected chi connectivity index (χ3v) is 5.75. The van der Waals surface area contributed by atoms with Crippen molar-refractivity contribution in [2.24, 2.45) is 0 Å². The van der Waals surface area contributed by atoms with Gasteiger partial charge in [0, 0.05) is 18.3 Å². The number of rotatable bonds is 8. The first-order valence-electron chi connectivity index (χ1n) is 9.57. The fraction of sp³-hybridized carbons (Fsp3) is 0.381. The van der Waals surface area contributed by atoms with Crippen LogP contribution in [0.2, 0.25) is 0 Å². The van der Waals surface area contributed by atoms with Crippen LogP contribution < -0.4 is 15.6 Å². The van der Waals surface area contributed by atoms with Gasteiger partial charge in [0.25, 0.3) is 5.56 Å². The second-order valence-electron chi connectivity index (χ2n) is 6.95. The number of aromatic nitrogens is 3. The van der Waals surface area contributed by atoms with E-state index in [2.05, 4.69) is 15.3 Å². The second kappa shape index (κ2) is 9.17. The van der Waals surface area contributed by atoms with E-state index in [-0.39, 0.29) is 23.3 Å². The molecule has 0 spiro atoms. The molecule has 1 atom stereocenters. The first-order valence-corrected chi connectivity index (χ1v) is 10.6. The van der Waals surface area contributed by atoms with Gasteiger partial charge in [0.05, 0.1) is 18.4 Å². The Kier molecular flexibility index (Phi) is 6.64. The van der Waals surface area contributed by atoms with Crippen molar-refractivity contribution in [1.82, 2.24) is 19.9 Å². The van der Waals surface area contributed by atoms with E-state index in [0.717, 1.165) is 23.4 Å². The van der Waals surface area contributed by atoms with Crippen LogP contribution in [0.25, 0.3) is 11.0 Å². The number of benzene rings is 1. The molecule has 0 fully saturated rings. The molecular weight excluding hydrogens is 388 g/mol. The predicted octanol–water partition coefficient (Wildman–Crippen LogP) is 3.42. The quantitative estimate of drug-likeness (QED) is 0.435. The van der Waals surface area contributed by atoms with Gasteiger partial charge in [-0.3, -0.25) is 14.2 Å². The number of nitrogens with zero attached hydrogens (tertiary/aromatic N) is 2. The Balaban J connectivity index is 1.71. The minimum atomic E-state index is -0.110. The fourth-order valence-electron chi connectivity index (χ4n) is 2.99. The standard InChI is InChI=1S/C21H26N4O3S/c1-5-14(3)25-20(27)19-17(10-13(2)23-19)24-21(25)29-12-18(26)22-11-15-6-8-16(28-4)9-7-15/h6-10,14,23H,5,11-12H2,1-4H3,(H,22,26)/t14-/m0/s1. The SMILES string of the molecule is CC[C@H](C)n1c(SCC(=O)NCc2ccc(OC)cc2)nc2cc(C)[nH]c2c1=O. The molecule has 3 aromatic rings. The lowest BCUT2D eigenvalue weighted by atomic mass is 10.2. The van der Waals surface area contributed by atoms with Crippen LogP contribution in [0.1, 0.15) is 37.6 Å². The maximum atomic E-state index is 12.9. The Morgan fingerprint density at radius 2 is 2.07 bits per heavy atom. The maximum Gasteiger partial charge on any atom is 0.278 e. The van der Waals surface area contributed by atoms with Crippen molar-refractivity contribution in [2.45, 2.75) is 44.9 Å². The molecule has 2 N–H and O–H groups in total. The summed E-state index contributed by atoms with van der Waals surface area (Å²) in [5.74, 6) is 0.856. The molecule has 1 amide bonds. The number of aryl methyl sites for hydroxylation is 1. The van der Waals surface area contributed by atoms with Gasteiger partial charge in [-0.1, -0.05) is 30.8 Å². The highest BCUT2D eigenvalue weighted by atomic mass is 32.2. The van der Waals surface area contributed by atoms with Gasteiger partial charge in [0.2, 0.25) is 5.91 Å². The van der Waals surface area contributed by atoms with E-state index >= 15 is 0 Å². The zero-order chi connectivity index (χ0) is 21.0. The third-order valence-electron chi connectivity index (χ3n) is 4.80. The molecule has 8 heteroatoms. The Bertz CT molecular complexity index is 1060. The minimum absolute atomic E-state index is 0.00661. The summed E-state index contributed by atoms with van der Waals surface area (Å²) in [6.45, 7) is 6.34. The summed E-state index contributed by atoms with van der Waals surface area (Å²) in [6.07, 6.45) is 0.796. The van der Waals surface area contributed by atoms with Gasteiger partial charge in [0.15, 0.2) is 5.16 Å². The van der Waals surface area contributed by atoms with Crippen molar-refractivity contribution >= 4 is 28.7 Å². The normalized spacial score (nSPS) is 12.1. The average Bonchev–Trinajstić information content (AvgIpc) is 3.11. The van der Waals surface area contributed by atoms with Crippen molar-refractivity contribution in [2.75, 3.05) is 12.9 Å². The van der Waals surface area contributed by atoms with Gasteiger partial charge < -0.3 is 15.0 Å². The molecule has 2 aromatic heterocycles. The number of amides is 1. The molecule has 0 saturated heterocycles. The lowest BCUT2D eigenvalue weighted by Crippen LogP contribution is -2.28. The molecule has 0 radical (unpaired) electrons. The third kappa shape index (κ3) is 4.82. The van der Waals surface area contributed by atoms with Crippen LogP contribution in [0.5, 0.6) is 5.75 Å². The first-order chi connectivity index (χ1) is 13.9. The zero-order valence-electron chi connectivity index (χ0n) is 17.1. The van der Waals surface area contributed by atoms with Crippen LogP contribution in [0.3, 0.4) is 0 Å². The molecule has 0 aliphatic carbocycles. The number of hydrogen-bond acceptors (Lipinski definition) is 5. The molecule has 0 saturated carbocycles. The summed E-state index contributed by atoms with van der Waals surface area (Å²) in [7, 11) is 1.62. The highest BCUT2D eigenvalue weighted by Gasteiger charge is 2.18. The smallest absolute Gasteiger partial charge is 0.278 e. The van der Waals surface area contributed by atoms with Crippen LogP contribution in [-0.2, 0) is 11.3 Å². The van der Waals surface area contributed by atoms with Crippen LogP contribution in [0, 0.1) is 6.92 Å². The van der Waals surface area contributed by atoms with Crippen LogP contribution in [0.15, 0.2) is 40.3 Å². The van der Waals surface area contributed by atoms with Gasteiger partial charge in [-0.15, -0.1) is 0 Å². The topological polar surface area (TPSA) is 89.0 Å². The summed E-state index contributed by atoms with van der Waals surface area (Å²) in [6, 6.07) is 9.39. The molecule has 0 aliphatic rings. The highest BCUT2D eigenvalue weighted by Crippen LogP contribution is 2.22. The number of nitrogens with one attached hydrogen (secondary N) is 2. The first kappa shape index (κ1) is 21.0. The van der Waals surface area contributed by atoms with Crippen LogP contribution >= 0.6 is 11.8 Å². The lowest BCUT2D eigenvalue weighted by molar-refractivity contribution is -0.118. The van der Waals surface area contributed by atoms with Gasteiger partial charge >= 0.3 is 0 Å². The molecule has 1 aromatic carbocycles. The number of hydrogen-bond donors (Lipinski definition) is 2. The molecular formula is C21H26N4O3S. The number of methoxy groups -OCH3 is 1. The number of carbonyl (C=O) groups is 1. The predicted molar refractivity (Wildman–Crippen MR) is 116 cm³/mol. The van der Waals surface area contributed by atoms with Crippen molar-refractivity contribution in [1.29, 1.82) is 0 Å². The molecule has 0 unspecified atom stereocenters. The van der Waals surface area contributed by atoms with Gasteiger partial charge in [-0.05, 0) is 44.0 Å². The Morgan fingerprint density at radius 1 is 1.34 bits per heavy atom. The second-order valence-corrected chi connectivity index (χ2v) is 7.90. The Morgan fingerprint density at radius 3 is 2.72 bits per heavy atom. The van der Waals surface area contributed by atoms with E-state index in [1.807, 2.05) is 51.1 Å².